The highest BCUT2D eigenvalue weighted by Crippen LogP contribution is 2.24. The van der Waals surface area contributed by atoms with Crippen LogP contribution in [0.15, 0.2) is 35.6 Å². The van der Waals surface area contributed by atoms with Gasteiger partial charge in [-0.2, -0.15) is 0 Å². The van der Waals surface area contributed by atoms with Crippen LogP contribution in [0.2, 0.25) is 0 Å². The Hall–Kier alpha value is -1.60. The van der Waals surface area contributed by atoms with Crippen molar-refractivity contribution >= 4 is 45.4 Å². The fraction of sp³-hybridized carbons (Fsp3) is 0.286. The van der Waals surface area contributed by atoms with E-state index in [4.69, 9.17) is 0 Å². The Kier molecular flexibility index (Phi) is 4.40. The predicted octanol–water partition coefficient (Wildman–Crippen LogP) is 1.87. The molecule has 2 heterocycles. The van der Waals surface area contributed by atoms with Gasteiger partial charge in [0.15, 0.2) is 0 Å². The number of amides is 1. The zero-order chi connectivity index (χ0) is 14.7. The SMILES string of the molecule is O=C(CSc1ncnc2ccccc12)NC1CCSC1=O. The highest BCUT2D eigenvalue weighted by Gasteiger charge is 2.26. The second kappa shape index (κ2) is 6.44. The van der Waals surface area contributed by atoms with Crippen molar-refractivity contribution in [2.45, 2.75) is 17.5 Å². The molecule has 0 radical (unpaired) electrons. The van der Waals surface area contributed by atoms with Gasteiger partial charge >= 0.3 is 0 Å². The van der Waals surface area contributed by atoms with E-state index in [2.05, 4.69) is 15.3 Å². The van der Waals surface area contributed by atoms with Gasteiger partial charge in [0.1, 0.15) is 11.4 Å². The van der Waals surface area contributed by atoms with E-state index >= 15 is 0 Å². The van der Waals surface area contributed by atoms with E-state index in [1.807, 2.05) is 24.3 Å². The van der Waals surface area contributed by atoms with Gasteiger partial charge in [-0.3, -0.25) is 9.59 Å². The number of nitrogens with one attached hydrogen (secondary N) is 1. The van der Waals surface area contributed by atoms with Crippen LogP contribution in [-0.2, 0) is 9.59 Å². The standard InChI is InChI=1S/C14H13N3O2S2/c18-12(17-11-5-6-20-14(11)19)7-21-13-9-3-1-2-4-10(9)15-8-16-13/h1-4,8,11H,5-7H2,(H,17,18). The first-order chi connectivity index (χ1) is 10.2. The number of carbonyl (C=O) groups excluding carboxylic acids is 2. The molecule has 3 rings (SSSR count). The van der Waals surface area contributed by atoms with Crippen LogP contribution < -0.4 is 5.32 Å². The Morgan fingerprint density at radius 1 is 1.38 bits per heavy atom. The van der Waals surface area contributed by atoms with Gasteiger partial charge in [-0.15, -0.1) is 0 Å². The van der Waals surface area contributed by atoms with E-state index in [-0.39, 0.29) is 22.8 Å². The molecule has 0 bridgehead atoms. The summed E-state index contributed by atoms with van der Waals surface area (Å²) in [6.45, 7) is 0. The number of carbonyl (C=O) groups is 2. The molecule has 1 unspecified atom stereocenters. The van der Waals surface area contributed by atoms with Gasteiger partial charge in [-0.1, -0.05) is 41.7 Å². The first kappa shape index (κ1) is 14.3. The van der Waals surface area contributed by atoms with Crippen molar-refractivity contribution in [3.8, 4) is 0 Å². The van der Waals surface area contributed by atoms with Crippen LogP contribution in [0.5, 0.6) is 0 Å². The molecule has 1 saturated heterocycles. The Bertz CT molecular complexity index is 687. The molecule has 1 fully saturated rings. The maximum absolute atomic E-state index is 11.9. The van der Waals surface area contributed by atoms with Gasteiger partial charge in [0.05, 0.1) is 17.3 Å². The minimum absolute atomic E-state index is 0.0563. The molecule has 108 valence electrons. The van der Waals surface area contributed by atoms with Crippen molar-refractivity contribution in [2.24, 2.45) is 0 Å². The summed E-state index contributed by atoms with van der Waals surface area (Å²) in [6.07, 6.45) is 2.22. The van der Waals surface area contributed by atoms with Crippen molar-refractivity contribution in [2.75, 3.05) is 11.5 Å². The number of para-hydroxylation sites is 1. The van der Waals surface area contributed by atoms with Crippen LogP contribution in [0.4, 0.5) is 0 Å². The lowest BCUT2D eigenvalue weighted by Crippen LogP contribution is -2.38. The normalized spacial score (nSPS) is 18.1. The molecule has 1 aliphatic rings. The highest BCUT2D eigenvalue weighted by atomic mass is 32.2. The largest absolute Gasteiger partial charge is 0.345 e. The van der Waals surface area contributed by atoms with Crippen molar-refractivity contribution in [3.63, 3.8) is 0 Å². The Labute approximate surface area is 130 Å². The number of nitrogens with zero attached hydrogens (tertiary/aromatic N) is 2. The summed E-state index contributed by atoms with van der Waals surface area (Å²) in [5.41, 5.74) is 0.859. The van der Waals surface area contributed by atoms with E-state index in [0.29, 0.717) is 0 Å². The first-order valence-electron chi connectivity index (χ1n) is 6.52. The molecule has 5 nitrogen and oxygen atoms in total. The summed E-state index contributed by atoms with van der Waals surface area (Å²) in [6, 6.07) is 7.36. The molecule has 1 aromatic heterocycles. The summed E-state index contributed by atoms with van der Waals surface area (Å²) in [4.78, 5) is 31.8. The average Bonchev–Trinajstić information content (AvgIpc) is 2.90. The van der Waals surface area contributed by atoms with Gasteiger partial charge < -0.3 is 5.32 Å². The van der Waals surface area contributed by atoms with Crippen molar-refractivity contribution < 1.29 is 9.59 Å². The number of fused-ring (bicyclic) bond motifs is 1. The third-order valence-corrected chi connectivity index (χ3v) is 5.13. The average molecular weight is 319 g/mol. The Morgan fingerprint density at radius 2 is 2.24 bits per heavy atom. The molecular weight excluding hydrogens is 306 g/mol. The summed E-state index contributed by atoms with van der Waals surface area (Å²) >= 11 is 2.64. The van der Waals surface area contributed by atoms with E-state index in [9.17, 15) is 9.59 Å². The third-order valence-electron chi connectivity index (χ3n) is 3.12. The minimum Gasteiger partial charge on any atom is -0.345 e. The van der Waals surface area contributed by atoms with Crippen molar-refractivity contribution in [1.29, 1.82) is 0 Å². The second-order valence-electron chi connectivity index (χ2n) is 4.56. The van der Waals surface area contributed by atoms with Gasteiger partial charge in [0.25, 0.3) is 0 Å². The number of aromatic nitrogens is 2. The fourth-order valence-corrected chi connectivity index (χ4v) is 3.83. The summed E-state index contributed by atoms with van der Waals surface area (Å²) in [5.74, 6) is 0.895. The van der Waals surface area contributed by atoms with Crippen molar-refractivity contribution in [1.82, 2.24) is 15.3 Å². The number of benzene rings is 1. The van der Waals surface area contributed by atoms with Crippen LogP contribution in [0.25, 0.3) is 10.9 Å². The molecule has 0 saturated carbocycles. The van der Waals surface area contributed by atoms with Crippen LogP contribution in [0, 0.1) is 0 Å². The molecule has 2 aromatic rings. The van der Waals surface area contributed by atoms with Gasteiger partial charge in [0, 0.05) is 11.1 Å². The Balaban J connectivity index is 1.63. The summed E-state index contributed by atoms with van der Waals surface area (Å²) in [5, 5.41) is 4.55. The minimum atomic E-state index is -0.328. The number of hydrogen-bond acceptors (Lipinski definition) is 6. The molecule has 1 N–H and O–H groups in total. The molecular formula is C14H13N3O2S2. The lowest BCUT2D eigenvalue weighted by atomic mass is 10.2. The molecule has 0 spiro atoms. The smallest absolute Gasteiger partial charge is 0.231 e. The molecule has 0 aliphatic carbocycles. The number of hydrogen-bond donors (Lipinski definition) is 1. The van der Waals surface area contributed by atoms with E-state index in [0.717, 1.165) is 28.1 Å². The van der Waals surface area contributed by atoms with Crippen LogP contribution in [0.1, 0.15) is 6.42 Å². The van der Waals surface area contributed by atoms with E-state index in [1.165, 1.54) is 29.9 Å². The molecule has 1 amide bonds. The zero-order valence-corrected chi connectivity index (χ0v) is 12.7. The van der Waals surface area contributed by atoms with Crippen LogP contribution in [0.3, 0.4) is 0 Å². The number of thioether (sulfide) groups is 2. The molecule has 1 atom stereocenters. The zero-order valence-electron chi connectivity index (χ0n) is 11.1. The van der Waals surface area contributed by atoms with Crippen molar-refractivity contribution in [3.05, 3.63) is 30.6 Å². The topological polar surface area (TPSA) is 72.0 Å². The highest BCUT2D eigenvalue weighted by molar-refractivity contribution is 8.14. The Morgan fingerprint density at radius 3 is 3.05 bits per heavy atom. The maximum Gasteiger partial charge on any atom is 0.231 e. The quantitative estimate of drug-likeness (QED) is 0.685. The second-order valence-corrected chi connectivity index (χ2v) is 6.62. The molecule has 1 aliphatic heterocycles. The molecule has 7 heteroatoms. The monoisotopic (exact) mass is 319 g/mol. The lowest BCUT2D eigenvalue weighted by molar-refractivity contribution is -0.122. The van der Waals surface area contributed by atoms with E-state index in [1.54, 1.807) is 0 Å². The van der Waals surface area contributed by atoms with Crippen LogP contribution >= 0.6 is 23.5 Å². The lowest BCUT2D eigenvalue weighted by Gasteiger charge is -2.10. The first-order valence-corrected chi connectivity index (χ1v) is 8.50. The van der Waals surface area contributed by atoms with Crippen LogP contribution in [-0.4, -0.2) is 38.5 Å². The maximum atomic E-state index is 11.9. The summed E-state index contributed by atoms with van der Waals surface area (Å²) < 4.78 is 0. The molecule has 21 heavy (non-hydrogen) atoms. The third kappa shape index (κ3) is 3.36. The van der Waals surface area contributed by atoms with Gasteiger partial charge in [0.2, 0.25) is 11.0 Å². The predicted molar refractivity (Wildman–Crippen MR) is 84.3 cm³/mol. The fourth-order valence-electron chi connectivity index (χ4n) is 2.09. The summed E-state index contributed by atoms with van der Waals surface area (Å²) in [7, 11) is 0. The molecule has 1 aromatic carbocycles. The number of rotatable bonds is 4. The van der Waals surface area contributed by atoms with E-state index < -0.39 is 0 Å². The van der Waals surface area contributed by atoms with Gasteiger partial charge in [-0.05, 0) is 12.5 Å². The van der Waals surface area contributed by atoms with Gasteiger partial charge in [-0.25, -0.2) is 9.97 Å².